The zero-order valence-corrected chi connectivity index (χ0v) is 12.2. The number of aromatic nitrogens is 2. The predicted molar refractivity (Wildman–Crippen MR) is 84.5 cm³/mol. The number of nitrogens with one attached hydrogen (secondary N) is 1. The Morgan fingerprint density at radius 1 is 1.20 bits per heavy atom. The smallest absolute Gasteiger partial charge is 0.223 e. The first-order valence-corrected chi connectivity index (χ1v) is 6.87. The number of para-hydroxylation sites is 1. The zero-order valence-electron chi connectivity index (χ0n) is 12.2. The molecule has 1 aromatic heterocycles. The maximum Gasteiger partial charge on any atom is 0.223 e. The monoisotopic (exact) mass is 271 g/mol. The van der Waals surface area contributed by atoms with Crippen LogP contribution < -0.4 is 16.0 Å². The molecule has 0 saturated carbocycles. The van der Waals surface area contributed by atoms with E-state index in [0.717, 1.165) is 30.4 Å². The largest absolute Gasteiger partial charge is 0.370 e. The zero-order chi connectivity index (χ0) is 14.5. The Labute approximate surface area is 119 Å². The highest BCUT2D eigenvalue weighted by molar-refractivity contribution is 5.66. The third-order valence-corrected chi connectivity index (χ3v) is 3.09. The average Bonchev–Trinajstić information content (AvgIpc) is 2.41. The number of benzene rings is 1. The lowest BCUT2D eigenvalue weighted by Gasteiger charge is -2.24. The van der Waals surface area contributed by atoms with Gasteiger partial charge in [-0.15, -0.1) is 0 Å². The first-order chi connectivity index (χ1) is 9.65. The van der Waals surface area contributed by atoms with Crippen molar-refractivity contribution in [3.63, 3.8) is 0 Å². The lowest BCUT2D eigenvalue weighted by Crippen LogP contribution is -2.19. The third kappa shape index (κ3) is 2.99. The van der Waals surface area contributed by atoms with Gasteiger partial charge >= 0.3 is 0 Å². The molecule has 0 aliphatic heterocycles. The standard InChI is InChI=1S/C15H21N5/c1-4-17-13-10-14(19-15(16)18-13)20(5-2)12-9-7-6-8-11(12)3/h6-10H,4-5H2,1-3H3,(H3,16,17,18,19). The molecule has 0 spiro atoms. The quantitative estimate of drug-likeness (QED) is 0.875. The van der Waals surface area contributed by atoms with E-state index in [4.69, 9.17) is 5.73 Å². The second kappa shape index (κ2) is 6.23. The lowest BCUT2D eigenvalue weighted by atomic mass is 10.2. The second-order valence-electron chi connectivity index (χ2n) is 4.53. The third-order valence-electron chi connectivity index (χ3n) is 3.09. The molecular weight excluding hydrogens is 250 g/mol. The summed E-state index contributed by atoms with van der Waals surface area (Å²) in [6.45, 7) is 7.82. The highest BCUT2D eigenvalue weighted by Gasteiger charge is 2.12. The van der Waals surface area contributed by atoms with Crippen molar-refractivity contribution in [3.05, 3.63) is 35.9 Å². The number of nitrogen functional groups attached to an aromatic ring is 1. The molecule has 0 atom stereocenters. The number of aryl methyl sites for hydroxylation is 1. The molecule has 0 amide bonds. The van der Waals surface area contributed by atoms with E-state index < -0.39 is 0 Å². The molecule has 3 N–H and O–H groups in total. The number of nitrogens with zero attached hydrogens (tertiary/aromatic N) is 3. The first-order valence-electron chi connectivity index (χ1n) is 6.87. The van der Waals surface area contributed by atoms with Crippen molar-refractivity contribution < 1.29 is 0 Å². The van der Waals surface area contributed by atoms with Crippen molar-refractivity contribution in [2.24, 2.45) is 0 Å². The van der Waals surface area contributed by atoms with E-state index >= 15 is 0 Å². The Bertz CT molecular complexity index is 582. The van der Waals surface area contributed by atoms with Gasteiger partial charge in [-0.25, -0.2) is 0 Å². The first kappa shape index (κ1) is 14.1. The van der Waals surface area contributed by atoms with Crippen LogP contribution in [-0.4, -0.2) is 23.1 Å². The molecule has 0 saturated heterocycles. The fourth-order valence-electron chi connectivity index (χ4n) is 2.18. The minimum atomic E-state index is 0.283. The fourth-order valence-corrected chi connectivity index (χ4v) is 2.18. The van der Waals surface area contributed by atoms with Crippen LogP contribution in [0.2, 0.25) is 0 Å². The van der Waals surface area contributed by atoms with E-state index in [0.29, 0.717) is 0 Å². The average molecular weight is 271 g/mol. The SMILES string of the molecule is CCNc1cc(N(CC)c2ccccc2C)nc(N)n1. The molecule has 2 rings (SSSR count). The van der Waals surface area contributed by atoms with Gasteiger partial charge in [-0.1, -0.05) is 18.2 Å². The molecule has 5 heteroatoms. The van der Waals surface area contributed by atoms with E-state index in [1.165, 1.54) is 5.56 Å². The van der Waals surface area contributed by atoms with Crippen LogP contribution in [0.1, 0.15) is 19.4 Å². The van der Waals surface area contributed by atoms with Crippen LogP contribution in [0, 0.1) is 6.92 Å². The van der Waals surface area contributed by atoms with Crippen LogP contribution in [-0.2, 0) is 0 Å². The predicted octanol–water partition coefficient (Wildman–Crippen LogP) is 2.96. The number of hydrogen-bond donors (Lipinski definition) is 2. The topological polar surface area (TPSA) is 67.1 Å². The molecule has 5 nitrogen and oxygen atoms in total. The van der Waals surface area contributed by atoms with Crippen LogP contribution in [0.3, 0.4) is 0 Å². The summed E-state index contributed by atoms with van der Waals surface area (Å²) in [6.07, 6.45) is 0. The summed E-state index contributed by atoms with van der Waals surface area (Å²) < 4.78 is 0. The summed E-state index contributed by atoms with van der Waals surface area (Å²) in [5.41, 5.74) is 8.15. The molecule has 0 unspecified atom stereocenters. The van der Waals surface area contributed by atoms with Gasteiger partial charge < -0.3 is 16.0 Å². The molecule has 1 aromatic carbocycles. The van der Waals surface area contributed by atoms with Crippen LogP contribution in [0.15, 0.2) is 30.3 Å². The van der Waals surface area contributed by atoms with Gasteiger partial charge in [0.05, 0.1) is 0 Å². The summed E-state index contributed by atoms with van der Waals surface area (Å²) in [5, 5.41) is 3.18. The summed E-state index contributed by atoms with van der Waals surface area (Å²) in [4.78, 5) is 10.7. The summed E-state index contributed by atoms with van der Waals surface area (Å²) in [6, 6.07) is 10.2. The lowest BCUT2D eigenvalue weighted by molar-refractivity contribution is 0.973. The molecule has 106 valence electrons. The van der Waals surface area contributed by atoms with Crippen molar-refractivity contribution >= 4 is 23.3 Å². The van der Waals surface area contributed by atoms with Crippen molar-refractivity contribution in [1.29, 1.82) is 0 Å². The minimum Gasteiger partial charge on any atom is -0.370 e. The Hall–Kier alpha value is -2.30. The van der Waals surface area contributed by atoms with Crippen LogP contribution in [0.5, 0.6) is 0 Å². The Balaban J connectivity index is 2.44. The van der Waals surface area contributed by atoms with Gasteiger partial charge in [-0.05, 0) is 32.4 Å². The van der Waals surface area contributed by atoms with Crippen molar-refractivity contribution in [2.45, 2.75) is 20.8 Å². The van der Waals surface area contributed by atoms with E-state index in [1.54, 1.807) is 0 Å². The van der Waals surface area contributed by atoms with Gasteiger partial charge in [0.25, 0.3) is 0 Å². The number of nitrogens with two attached hydrogens (primary N) is 1. The summed E-state index contributed by atoms with van der Waals surface area (Å²) in [5.74, 6) is 1.85. The Morgan fingerprint density at radius 3 is 2.60 bits per heavy atom. The van der Waals surface area contributed by atoms with Crippen LogP contribution in [0.25, 0.3) is 0 Å². The molecule has 0 radical (unpaired) electrons. The van der Waals surface area contributed by atoms with Gasteiger partial charge in [0.15, 0.2) is 0 Å². The maximum atomic E-state index is 5.81. The molecule has 2 aromatic rings. The summed E-state index contributed by atoms with van der Waals surface area (Å²) in [7, 11) is 0. The Morgan fingerprint density at radius 2 is 1.95 bits per heavy atom. The molecule has 0 fully saturated rings. The number of rotatable bonds is 5. The fraction of sp³-hybridized carbons (Fsp3) is 0.333. The highest BCUT2D eigenvalue weighted by Crippen LogP contribution is 2.28. The van der Waals surface area contributed by atoms with E-state index in [1.807, 2.05) is 25.1 Å². The number of hydrogen-bond acceptors (Lipinski definition) is 5. The molecule has 0 bridgehead atoms. The molecule has 1 heterocycles. The Kier molecular flexibility index (Phi) is 4.40. The maximum absolute atomic E-state index is 5.81. The molecular formula is C15H21N5. The van der Waals surface area contributed by atoms with Gasteiger partial charge in [0.1, 0.15) is 11.6 Å². The van der Waals surface area contributed by atoms with Gasteiger partial charge in [-0.3, -0.25) is 0 Å². The van der Waals surface area contributed by atoms with Crippen molar-refractivity contribution in [3.8, 4) is 0 Å². The molecule has 0 aliphatic rings. The van der Waals surface area contributed by atoms with Crippen LogP contribution >= 0.6 is 0 Å². The van der Waals surface area contributed by atoms with Gasteiger partial charge in [0, 0.05) is 24.8 Å². The molecule has 20 heavy (non-hydrogen) atoms. The van der Waals surface area contributed by atoms with Crippen molar-refractivity contribution in [2.75, 3.05) is 29.0 Å². The van der Waals surface area contributed by atoms with Crippen LogP contribution in [0.4, 0.5) is 23.3 Å². The van der Waals surface area contributed by atoms with Gasteiger partial charge in [-0.2, -0.15) is 9.97 Å². The van der Waals surface area contributed by atoms with E-state index in [9.17, 15) is 0 Å². The minimum absolute atomic E-state index is 0.283. The van der Waals surface area contributed by atoms with E-state index in [2.05, 4.69) is 46.2 Å². The van der Waals surface area contributed by atoms with E-state index in [-0.39, 0.29) is 5.95 Å². The van der Waals surface area contributed by atoms with Crippen molar-refractivity contribution in [1.82, 2.24) is 9.97 Å². The highest BCUT2D eigenvalue weighted by atomic mass is 15.2. The normalized spacial score (nSPS) is 10.3. The van der Waals surface area contributed by atoms with Gasteiger partial charge in [0.2, 0.25) is 5.95 Å². The second-order valence-corrected chi connectivity index (χ2v) is 4.53. The molecule has 0 aliphatic carbocycles. The number of anilines is 4. The summed E-state index contributed by atoms with van der Waals surface area (Å²) >= 11 is 0.